The number of aromatic nitrogens is 3. The van der Waals surface area contributed by atoms with Gasteiger partial charge >= 0.3 is 0 Å². The third-order valence-electron chi connectivity index (χ3n) is 3.50. The smallest absolute Gasteiger partial charge is 0.127 e. The van der Waals surface area contributed by atoms with E-state index in [1.54, 1.807) is 25.6 Å². The van der Waals surface area contributed by atoms with Crippen molar-refractivity contribution in [3.63, 3.8) is 0 Å². The minimum absolute atomic E-state index is 0.606. The van der Waals surface area contributed by atoms with Crippen LogP contribution in [-0.4, -0.2) is 29.2 Å². The van der Waals surface area contributed by atoms with Gasteiger partial charge in [0.05, 0.1) is 36.4 Å². The zero-order valence-corrected chi connectivity index (χ0v) is 15.2. The Kier molecular flexibility index (Phi) is 4.97. The fourth-order valence-electron chi connectivity index (χ4n) is 2.32. The van der Waals surface area contributed by atoms with Crippen LogP contribution in [-0.2, 0) is 13.0 Å². The third kappa shape index (κ3) is 3.73. The Morgan fingerprint density at radius 2 is 2.04 bits per heavy atom. The van der Waals surface area contributed by atoms with Crippen LogP contribution >= 0.6 is 27.3 Å². The van der Waals surface area contributed by atoms with Crippen molar-refractivity contribution < 1.29 is 9.47 Å². The molecule has 0 unspecified atom stereocenters. The second-order valence-corrected chi connectivity index (χ2v) is 7.49. The molecule has 3 aromatic rings. The molecule has 0 atom stereocenters. The van der Waals surface area contributed by atoms with Crippen molar-refractivity contribution in [2.24, 2.45) is 0 Å². The number of rotatable bonds is 6. The van der Waals surface area contributed by atoms with Crippen LogP contribution in [0.2, 0.25) is 0 Å². The molecule has 0 amide bonds. The molecule has 0 aliphatic heterocycles. The average molecular weight is 394 g/mol. The summed E-state index contributed by atoms with van der Waals surface area (Å²) in [5.41, 5.74) is 2.10. The quantitative estimate of drug-likeness (QED) is 0.639. The van der Waals surface area contributed by atoms with Gasteiger partial charge < -0.3 is 9.47 Å². The fraction of sp³-hybridized carbons (Fsp3) is 0.250. The summed E-state index contributed by atoms with van der Waals surface area (Å²) in [6.45, 7) is 0.606. The Morgan fingerprint density at radius 3 is 2.74 bits per heavy atom. The second kappa shape index (κ2) is 7.14. The highest BCUT2D eigenvalue weighted by atomic mass is 79.9. The molecule has 0 radical (unpaired) electrons. The van der Waals surface area contributed by atoms with Gasteiger partial charge in [-0.15, -0.1) is 16.4 Å². The number of benzene rings is 1. The van der Waals surface area contributed by atoms with Crippen LogP contribution in [0.3, 0.4) is 0 Å². The lowest BCUT2D eigenvalue weighted by Crippen LogP contribution is -2.08. The molecule has 2 heterocycles. The van der Waals surface area contributed by atoms with Gasteiger partial charge in [-0.3, -0.25) is 0 Å². The van der Waals surface area contributed by atoms with Gasteiger partial charge in [0.25, 0.3) is 0 Å². The van der Waals surface area contributed by atoms with Gasteiger partial charge in [0.2, 0.25) is 0 Å². The topological polar surface area (TPSA) is 49.2 Å². The first-order chi connectivity index (χ1) is 11.2. The number of ether oxygens (including phenoxy) is 2. The maximum absolute atomic E-state index is 5.45. The molecule has 3 rings (SSSR count). The SMILES string of the molecule is COc1ccc(Cn2nncc2Cc2ccc(Br)s2)c(OC)c1. The zero-order valence-electron chi connectivity index (χ0n) is 12.8. The van der Waals surface area contributed by atoms with Crippen LogP contribution in [0, 0.1) is 0 Å². The summed E-state index contributed by atoms with van der Waals surface area (Å²) in [5, 5.41) is 8.26. The van der Waals surface area contributed by atoms with Gasteiger partial charge in [-0.2, -0.15) is 0 Å². The molecule has 7 heteroatoms. The first-order valence-corrected chi connectivity index (χ1v) is 8.63. The maximum Gasteiger partial charge on any atom is 0.127 e. The first kappa shape index (κ1) is 16.0. The molecular weight excluding hydrogens is 378 g/mol. The lowest BCUT2D eigenvalue weighted by molar-refractivity contribution is 0.389. The van der Waals surface area contributed by atoms with E-state index >= 15 is 0 Å². The van der Waals surface area contributed by atoms with Gasteiger partial charge in [0.15, 0.2) is 0 Å². The summed E-state index contributed by atoms with van der Waals surface area (Å²) in [6, 6.07) is 9.96. The van der Waals surface area contributed by atoms with Crippen molar-refractivity contribution in [2.75, 3.05) is 14.2 Å². The largest absolute Gasteiger partial charge is 0.497 e. The van der Waals surface area contributed by atoms with Gasteiger partial charge in [0.1, 0.15) is 11.5 Å². The molecule has 2 aromatic heterocycles. The van der Waals surface area contributed by atoms with E-state index in [1.165, 1.54) is 4.88 Å². The second-order valence-electron chi connectivity index (χ2n) is 4.94. The van der Waals surface area contributed by atoms with Gasteiger partial charge in [-0.25, -0.2) is 4.68 Å². The van der Waals surface area contributed by atoms with Crippen LogP contribution < -0.4 is 9.47 Å². The molecule has 0 aliphatic rings. The lowest BCUT2D eigenvalue weighted by Gasteiger charge is -2.11. The summed E-state index contributed by atoms with van der Waals surface area (Å²) < 4.78 is 13.7. The van der Waals surface area contributed by atoms with Crippen molar-refractivity contribution in [2.45, 2.75) is 13.0 Å². The molecule has 0 bridgehead atoms. The number of methoxy groups -OCH3 is 2. The van der Waals surface area contributed by atoms with E-state index in [-0.39, 0.29) is 0 Å². The molecule has 23 heavy (non-hydrogen) atoms. The van der Waals surface area contributed by atoms with E-state index in [1.807, 2.05) is 29.1 Å². The number of halogens is 1. The summed E-state index contributed by atoms with van der Waals surface area (Å²) in [6.07, 6.45) is 2.62. The van der Waals surface area contributed by atoms with E-state index in [2.05, 4.69) is 38.4 Å². The van der Waals surface area contributed by atoms with Crippen molar-refractivity contribution >= 4 is 27.3 Å². The first-order valence-electron chi connectivity index (χ1n) is 7.02. The van der Waals surface area contributed by atoms with Gasteiger partial charge in [-0.05, 0) is 40.2 Å². The van der Waals surface area contributed by atoms with Crippen LogP contribution in [0.25, 0.3) is 0 Å². The predicted molar refractivity (Wildman–Crippen MR) is 93.5 cm³/mol. The summed E-state index contributed by atoms with van der Waals surface area (Å²) in [7, 11) is 3.30. The predicted octanol–water partition coefficient (Wildman–Crippen LogP) is 3.76. The van der Waals surface area contributed by atoms with Crippen molar-refractivity contribution in [1.82, 2.24) is 15.0 Å². The minimum atomic E-state index is 0.606. The summed E-state index contributed by atoms with van der Waals surface area (Å²) in [4.78, 5) is 1.27. The monoisotopic (exact) mass is 393 g/mol. The standard InChI is InChI=1S/C16H16BrN3O2S/c1-21-13-4-3-11(15(8-13)22-2)10-20-12(9-18-19-20)7-14-5-6-16(17)23-14/h3-6,8-9H,7,10H2,1-2H3. The van der Waals surface area contributed by atoms with E-state index in [0.29, 0.717) is 6.54 Å². The van der Waals surface area contributed by atoms with E-state index in [9.17, 15) is 0 Å². The van der Waals surface area contributed by atoms with E-state index < -0.39 is 0 Å². The van der Waals surface area contributed by atoms with Crippen LogP contribution in [0.15, 0.2) is 40.3 Å². The van der Waals surface area contributed by atoms with Crippen molar-refractivity contribution in [3.8, 4) is 11.5 Å². The molecular formula is C16H16BrN3O2S. The molecule has 0 aliphatic carbocycles. The minimum Gasteiger partial charge on any atom is -0.497 e. The highest BCUT2D eigenvalue weighted by Crippen LogP contribution is 2.27. The molecule has 0 N–H and O–H groups in total. The molecule has 0 fully saturated rings. The summed E-state index contributed by atoms with van der Waals surface area (Å²) in [5.74, 6) is 1.55. The van der Waals surface area contributed by atoms with Crippen LogP contribution in [0.4, 0.5) is 0 Å². The van der Waals surface area contributed by atoms with E-state index in [0.717, 1.165) is 33.0 Å². The normalized spacial score (nSPS) is 10.7. The Hall–Kier alpha value is -1.86. The molecule has 1 aromatic carbocycles. The van der Waals surface area contributed by atoms with Crippen LogP contribution in [0.5, 0.6) is 11.5 Å². The van der Waals surface area contributed by atoms with E-state index in [4.69, 9.17) is 9.47 Å². The fourth-order valence-corrected chi connectivity index (χ4v) is 3.82. The Morgan fingerprint density at radius 1 is 1.17 bits per heavy atom. The number of hydrogen-bond acceptors (Lipinski definition) is 5. The third-order valence-corrected chi connectivity index (χ3v) is 5.12. The molecule has 120 valence electrons. The lowest BCUT2D eigenvalue weighted by atomic mass is 10.2. The number of hydrogen-bond donors (Lipinski definition) is 0. The number of thiophene rings is 1. The van der Waals surface area contributed by atoms with Crippen LogP contribution in [0.1, 0.15) is 16.1 Å². The van der Waals surface area contributed by atoms with Gasteiger partial charge in [0, 0.05) is 22.9 Å². The highest BCUT2D eigenvalue weighted by molar-refractivity contribution is 9.11. The maximum atomic E-state index is 5.45. The Labute approximate surface area is 147 Å². The zero-order chi connectivity index (χ0) is 16.2. The van der Waals surface area contributed by atoms with Crippen molar-refractivity contribution in [3.05, 3.63) is 56.4 Å². The Balaban J connectivity index is 1.82. The van der Waals surface area contributed by atoms with Crippen molar-refractivity contribution in [1.29, 1.82) is 0 Å². The molecule has 0 saturated carbocycles. The molecule has 0 saturated heterocycles. The average Bonchev–Trinajstić information content (AvgIpc) is 3.17. The summed E-state index contributed by atoms with van der Waals surface area (Å²) >= 11 is 5.21. The number of nitrogens with zero attached hydrogens (tertiary/aromatic N) is 3. The Bertz CT molecular complexity index is 800. The molecule has 5 nitrogen and oxygen atoms in total. The van der Waals surface area contributed by atoms with Gasteiger partial charge in [-0.1, -0.05) is 5.21 Å². The molecule has 0 spiro atoms. The highest BCUT2D eigenvalue weighted by Gasteiger charge is 2.11.